The maximum Gasteiger partial charge on any atom is 0.239 e. The molecule has 0 aliphatic carbocycles. The molecule has 0 aliphatic rings. The molecule has 4 heteroatoms. The number of hydrogen-bond acceptors (Lipinski definition) is 2. The number of rotatable bonds is 6. The summed E-state index contributed by atoms with van der Waals surface area (Å²) in [5.41, 5.74) is 3.90. The van der Waals surface area contributed by atoms with Crippen LogP contribution in [0.2, 0.25) is 0 Å². The normalized spacial score (nSPS) is 10.3. The molecule has 1 amide bonds. The van der Waals surface area contributed by atoms with Crippen LogP contribution in [0.15, 0.2) is 42.5 Å². The van der Waals surface area contributed by atoms with Crippen LogP contribution in [0.5, 0.6) is 0 Å². The number of aryl methyl sites for hydroxylation is 1. The Morgan fingerprint density at radius 2 is 1.86 bits per heavy atom. The van der Waals surface area contributed by atoms with Gasteiger partial charge in [-0.2, -0.15) is 0 Å². The molecule has 0 unspecified atom stereocenters. The fourth-order valence-corrected chi connectivity index (χ4v) is 2.22. The summed E-state index contributed by atoms with van der Waals surface area (Å²) in [7, 11) is 0. The van der Waals surface area contributed by atoms with Gasteiger partial charge in [0.2, 0.25) is 5.91 Å². The second-order valence-corrected chi connectivity index (χ2v) is 5.29. The number of anilines is 1. The lowest BCUT2D eigenvalue weighted by Crippen LogP contribution is -2.31. The Labute approximate surface area is 130 Å². The van der Waals surface area contributed by atoms with Gasteiger partial charge in [-0.3, -0.25) is 4.79 Å². The minimum absolute atomic E-state index is 0.0998. The monoisotopic (exact) mass is 300 g/mol. The minimum Gasteiger partial charge on any atom is -0.376 e. The zero-order valence-electron chi connectivity index (χ0n) is 12.9. The minimum atomic E-state index is -0.231. The van der Waals surface area contributed by atoms with Gasteiger partial charge in [0.05, 0.1) is 6.54 Å². The summed E-state index contributed by atoms with van der Waals surface area (Å²) < 4.78 is 13.4. The fraction of sp³-hybridized carbons (Fsp3) is 0.278. The van der Waals surface area contributed by atoms with Crippen LogP contribution < -0.4 is 10.6 Å². The molecule has 2 rings (SSSR count). The van der Waals surface area contributed by atoms with Crippen LogP contribution in [0, 0.1) is 19.7 Å². The summed E-state index contributed by atoms with van der Waals surface area (Å²) in [4.78, 5) is 11.8. The van der Waals surface area contributed by atoms with E-state index in [2.05, 4.69) is 10.6 Å². The molecule has 0 radical (unpaired) electrons. The van der Waals surface area contributed by atoms with Gasteiger partial charge in [0.15, 0.2) is 0 Å². The molecule has 0 aliphatic heterocycles. The van der Waals surface area contributed by atoms with Gasteiger partial charge in [0.25, 0.3) is 0 Å². The third kappa shape index (κ3) is 4.32. The number of amides is 1. The third-order valence-corrected chi connectivity index (χ3v) is 3.72. The quantitative estimate of drug-likeness (QED) is 0.860. The van der Waals surface area contributed by atoms with Crippen molar-refractivity contribution in [1.82, 2.24) is 5.32 Å². The van der Waals surface area contributed by atoms with Crippen LogP contribution in [-0.2, 0) is 11.2 Å². The first-order chi connectivity index (χ1) is 10.6. The number of hydrogen-bond donors (Lipinski definition) is 2. The molecule has 0 heterocycles. The number of carbonyl (C=O) groups excluding carboxylic acids is 1. The van der Waals surface area contributed by atoms with Gasteiger partial charge < -0.3 is 10.6 Å². The van der Waals surface area contributed by atoms with Crippen molar-refractivity contribution in [3.8, 4) is 0 Å². The molecular weight excluding hydrogens is 279 g/mol. The molecule has 3 nitrogen and oxygen atoms in total. The summed E-state index contributed by atoms with van der Waals surface area (Å²) in [5, 5.41) is 5.92. The largest absolute Gasteiger partial charge is 0.376 e. The molecule has 0 saturated heterocycles. The van der Waals surface area contributed by atoms with E-state index in [9.17, 15) is 9.18 Å². The van der Waals surface area contributed by atoms with E-state index in [0.717, 1.165) is 11.3 Å². The lowest BCUT2D eigenvalue weighted by molar-refractivity contribution is -0.119. The maximum atomic E-state index is 13.4. The van der Waals surface area contributed by atoms with Crippen molar-refractivity contribution < 1.29 is 9.18 Å². The van der Waals surface area contributed by atoms with Gasteiger partial charge in [-0.15, -0.1) is 0 Å². The molecule has 22 heavy (non-hydrogen) atoms. The summed E-state index contributed by atoms with van der Waals surface area (Å²) in [6.07, 6.45) is 0.488. The maximum absolute atomic E-state index is 13.4. The predicted octanol–water partition coefficient (Wildman–Crippen LogP) is 3.21. The van der Waals surface area contributed by atoms with Crippen molar-refractivity contribution in [2.45, 2.75) is 20.3 Å². The van der Waals surface area contributed by atoms with E-state index in [0.29, 0.717) is 18.5 Å². The SMILES string of the molecule is Cc1cccc(NCC(=O)NCCc2ccccc2F)c1C. The first kappa shape index (κ1) is 16.0. The number of benzene rings is 2. The highest BCUT2D eigenvalue weighted by Crippen LogP contribution is 2.17. The standard InChI is InChI=1S/C18H21FN2O/c1-13-6-5-9-17(14(13)2)21-12-18(22)20-11-10-15-7-3-4-8-16(15)19/h3-9,21H,10-12H2,1-2H3,(H,20,22). The lowest BCUT2D eigenvalue weighted by Gasteiger charge is -2.11. The average Bonchev–Trinajstić information content (AvgIpc) is 2.51. The van der Waals surface area contributed by atoms with E-state index in [1.54, 1.807) is 18.2 Å². The molecule has 116 valence electrons. The molecular formula is C18H21FN2O. The van der Waals surface area contributed by atoms with Gasteiger partial charge in [-0.1, -0.05) is 30.3 Å². The van der Waals surface area contributed by atoms with Crippen LogP contribution in [0.3, 0.4) is 0 Å². The average molecular weight is 300 g/mol. The highest BCUT2D eigenvalue weighted by molar-refractivity contribution is 5.81. The highest BCUT2D eigenvalue weighted by Gasteiger charge is 2.05. The van der Waals surface area contributed by atoms with Crippen molar-refractivity contribution in [1.29, 1.82) is 0 Å². The van der Waals surface area contributed by atoms with Crippen LogP contribution in [0.25, 0.3) is 0 Å². The van der Waals surface area contributed by atoms with Gasteiger partial charge >= 0.3 is 0 Å². The first-order valence-electron chi connectivity index (χ1n) is 7.38. The van der Waals surface area contributed by atoms with E-state index < -0.39 is 0 Å². The molecule has 0 saturated carbocycles. The second kappa shape index (κ2) is 7.59. The zero-order valence-corrected chi connectivity index (χ0v) is 12.9. The van der Waals surface area contributed by atoms with Gasteiger partial charge in [-0.05, 0) is 49.1 Å². The molecule has 0 spiro atoms. The molecule has 0 bridgehead atoms. The number of nitrogens with one attached hydrogen (secondary N) is 2. The topological polar surface area (TPSA) is 41.1 Å². The molecule has 2 N–H and O–H groups in total. The number of halogens is 1. The smallest absolute Gasteiger partial charge is 0.239 e. The van der Waals surface area contributed by atoms with E-state index in [1.807, 2.05) is 32.0 Å². The Morgan fingerprint density at radius 3 is 2.64 bits per heavy atom. The first-order valence-corrected chi connectivity index (χ1v) is 7.38. The Balaban J connectivity index is 1.77. The molecule has 0 fully saturated rings. The van der Waals surface area contributed by atoms with Crippen molar-refractivity contribution >= 4 is 11.6 Å². The second-order valence-electron chi connectivity index (χ2n) is 5.29. The van der Waals surface area contributed by atoms with Crippen molar-refractivity contribution in [3.05, 3.63) is 65.0 Å². The summed E-state index contributed by atoms with van der Waals surface area (Å²) in [6.45, 7) is 4.69. The summed E-state index contributed by atoms with van der Waals surface area (Å²) in [5.74, 6) is -0.331. The highest BCUT2D eigenvalue weighted by atomic mass is 19.1. The number of carbonyl (C=O) groups is 1. The van der Waals surface area contributed by atoms with Gasteiger partial charge in [0, 0.05) is 12.2 Å². The fourth-order valence-electron chi connectivity index (χ4n) is 2.22. The summed E-state index contributed by atoms with van der Waals surface area (Å²) in [6, 6.07) is 12.6. The lowest BCUT2D eigenvalue weighted by atomic mass is 10.1. The van der Waals surface area contributed by atoms with E-state index >= 15 is 0 Å². The Hall–Kier alpha value is -2.36. The van der Waals surface area contributed by atoms with Crippen molar-refractivity contribution in [2.75, 3.05) is 18.4 Å². The van der Waals surface area contributed by atoms with Crippen molar-refractivity contribution in [3.63, 3.8) is 0 Å². The van der Waals surface area contributed by atoms with E-state index in [-0.39, 0.29) is 18.3 Å². The predicted molar refractivity (Wildman–Crippen MR) is 87.5 cm³/mol. The molecule has 2 aromatic rings. The Kier molecular flexibility index (Phi) is 5.53. The molecule has 0 atom stereocenters. The molecule has 0 aromatic heterocycles. The van der Waals surface area contributed by atoms with Crippen LogP contribution >= 0.6 is 0 Å². The van der Waals surface area contributed by atoms with Crippen LogP contribution in [0.1, 0.15) is 16.7 Å². The summed E-state index contributed by atoms with van der Waals surface area (Å²) >= 11 is 0. The van der Waals surface area contributed by atoms with Gasteiger partial charge in [0.1, 0.15) is 5.82 Å². The third-order valence-electron chi connectivity index (χ3n) is 3.72. The Bertz CT molecular complexity index is 655. The zero-order chi connectivity index (χ0) is 15.9. The van der Waals surface area contributed by atoms with Crippen LogP contribution in [0.4, 0.5) is 10.1 Å². The van der Waals surface area contributed by atoms with E-state index in [1.165, 1.54) is 11.6 Å². The van der Waals surface area contributed by atoms with E-state index in [4.69, 9.17) is 0 Å². The van der Waals surface area contributed by atoms with Gasteiger partial charge in [-0.25, -0.2) is 4.39 Å². The Morgan fingerprint density at radius 1 is 1.09 bits per heavy atom. The van der Waals surface area contributed by atoms with Crippen molar-refractivity contribution in [2.24, 2.45) is 0 Å². The van der Waals surface area contributed by atoms with Crippen LogP contribution in [-0.4, -0.2) is 19.0 Å². The molecule has 2 aromatic carbocycles.